The van der Waals surface area contributed by atoms with Crippen molar-refractivity contribution in [3.05, 3.63) is 47.7 Å². The lowest BCUT2D eigenvalue weighted by Gasteiger charge is -2.29. The molecule has 3 atom stereocenters. The first-order chi connectivity index (χ1) is 13.1. The van der Waals surface area contributed by atoms with Crippen LogP contribution < -0.4 is 16.0 Å². The van der Waals surface area contributed by atoms with Gasteiger partial charge in [0.05, 0.1) is 29.0 Å². The summed E-state index contributed by atoms with van der Waals surface area (Å²) in [6, 6.07) is 8.35. The highest BCUT2D eigenvalue weighted by Crippen LogP contribution is 2.39. The number of aliphatic imine (C=N–C) groups is 1. The summed E-state index contributed by atoms with van der Waals surface area (Å²) in [6.07, 6.45) is 5.19. The Balaban J connectivity index is 1.73. The zero-order chi connectivity index (χ0) is 18.5. The number of carbonyl (C=O) groups excluding carboxylic acids is 1. The number of rotatable bonds is 0. The number of amides is 1. The number of anilines is 2. The number of allylic oxidation sites excluding steroid dienone is 1. The Hall–Kier alpha value is -3.02. The molecule has 0 fully saturated rings. The molecule has 5 rings (SSSR count). The number of hydrogen-bond acceptors (Lipinski definition) is 4. The van der Waals surface area contributed by atoms with Gasteiger partial charge in [0.2, 0.25) is 0 Å². The van der Waals surface area contributed by atoms with Gasteiger partial charge in [0.15, 0.2) is 0 Å². The van der Waals surface area contributed by atoms with Crippen LogP contribution in [0.5, 0.6) is 0 Å². The third-order valence-corrected chi connectivity index (χ3v) is 5.58. The van der Waals surface area contributed by atoms with Gasteiger partial charge in [-0.15, -0.1) is 0 Å². The summed E-state index contributed by atoms with van der Waals surface area (Å²) in [5, 5.41) is 10.1. The molecule has 2 aromatic rings. The van der Waals surface area contributed by atoms with E-state index in [1.54, 1.807) is 0 Å². The number of hydrogen-bond donors (Lipinski definition) is 4. The number of fused-ring (bicyclic) bond motifs is 3. The maximum absolute atomic E-state index is 12.4. The van der Waals surface area contributed by atoms with Crippen molar-refractivity contribution in [2.24, 2.45) is 4.99 Å². The van der Waals surface area contributed by atoms with E-state index in [0.717, 1.165) is 46.1 Å². The first kappa shape index (κ1) is 16.2. The quantitative estimate of drug-likeness (QED) is 0.542. The van der Waals surface area contributed by atoms with E-state index in [-0.39, 0.29) is 23.9 Å². The van der Waals surface area contributed by atoms with E-state index in [2.05, 4.69) is 59.1 Å². The predicted molar refractivity (Wildman–Crippen MR) is 109 cm³/mol. The van der Waals surface area contributed by atoms with E-state index in [0.29, 0.717) is 6.54 Å². The van der Waals surface area contributed by atoms with E-state index in [9.17, 15) is 4.79 Å². The van der Waals surface area contributed by atoms with Gasteiger partial charge >= 0.3 is 0 Å². The van der Waals surface area contributed by atoms with Gasteiger partial charge in [-0.05, 0) is 32.4 Å². The Kier molecular flexibility index (Phi) is 3.60. The number of nitrogens with zero attached hydrogens (tertiary/aromatic N) is 1. The number of amidine groups is 1. The summed E-state index contributed by atoms with van der Waals surface area (Å²) >= 11 is 0. The smallest absolute Gasteiger partial charge is 0.253 e. The molecule has 0 spiro atoms. The van der Waals surface area contributed by atoms with Crippen LogP contribution in [-0.2, 0) is 0 Å². The van der Waals surface area contributed by atoms with E-state index >= 15 is 0 Å². The minimum absolute atomic E-state index is 0.0000477. The molecule has 27 heavy (non-hydrogen) atoms. The minimum Gasteiger partial charge on any atom is -0.374 e. The minimum atomic E-state index is -0.0000477. The van der Waals surface area contributed by atoms with Crippen LogP contribution >= 0.6 is 0 Å². The first-order valence-electron chi connectivity index (χ1n) is 9.52. The Labute approximate surface area is 158 Å². The van der Waals surface area contributed by atoms with Crippen LogP contribution in [0.1, 0.15) is 42.2 Å². The van der Waals surface area contributed by atoms with Crippen LogP contribution in [0.2, 0.25) is 0 Å². The summed E-state index contributed by atoms with van der Waals surface area (Å²) in [5.41, 5.74) is 5.83. The number of carbonyl (C=O) groups is 1. The second-order valence-corrected chi connectivity index (χ2v) is 7.56. The average molecular weight is 361 g/mol. The Morgan fingerprint density at radius 1 is 1.19 bits per heavy atom. The third-order valence-electron chi connectivity index (χ3n) is 5.58. The zero-order valence-electron chi connectivity index (χ0n) is 15.5. The molecule has 3 aliphatic heterocycles. The molecule has 6 heteroatoms. The van der Waals surface area contributed by atoms with Crippen molar-refractivity contribution in [1.29, 1.82) is 0 Å². The average Bonchev–Trinajstić information content (AvgIpc) is 3.09. The number of benzene rings is 1. The number of para-hydroxylation sites is 1. The van der Waals surface area contributed by atoms with Crippen LogP contribution in [0.25, 0.3) is 11.3 Å². The Morgan fingerprint density at radius 3 is 2.96 bits per heavy atom. The normalized spacial score (nSPS) is 25.8. The standard InChI is InChI=1S/C21H23N5O/c1-11-5-3-6-13-10-22-21(27)15-9-17(25-18(13)15)14-7-4-8-16-19(14)26-20(23-11)12(2)24-16/h3-5,7-9,11-13,24-25H,6,10H2,1-2H3,(H,22,27)(H,23,26). The van der Waals surface area contributed by atoms with Crippen molar-refractivity contribution in [3.8, 4) is 11.3 Å². The maximum Gasteiger partial charge on any atom is 0.253 e. The molecular weight excluding hydrogens is 338 g/mol. The first-order valence-corrected chi connectivity index (χ1v) is 9.52. The van der Waals surface area contributed by atoms with Crippen LogP contribution in [0.3, 0.4) is 0 Å². The highest BCUT2D eigenvalue weighted by Gasteiger charge is 2.29. The lowest BCUT2D eigenvalue weighted by atomic mass is 9.94. The highest BCUT2D eigenvalue weighted by molar-refractivity contribution is 6.10. The Bertz CT molecular complexity index is 986. The second kappa shape index (κ2) is 6.01. The summed E-state index contributed by atoms with van der Waals surface area (Å²) < 4.78 is 0. The molecule has 3 aliphatic rings. The molecular formula is C21H23N5O. The topological polar surface area (TPSA) is 81.3 Å². The summed E-state index contributed by atoms with van der Waals surface area (Å²) in [7, 11) is 0. The lowest BCUT2D eigenvalue weighted by Crippen LogP contribution is -2.37. The van der Waals surface area contributed by atoms with Gasteiger partial charge in [-0.3, -0.25) is 9.79 Å². The molecule has 1 amide bonds. The van der Waals surface area contributed by atoms with Gasteiger partial charge in [0.25, 0.3) is 5.91 Å². The molecule has 4 bridgehead atoms. The molecule has 3 unspecified atom stereocenters. The number of H-pyrrole nitrogens is 1. The van der Waals surface area contributed by atoms with Crippen LogP contribution in [-0.4, -0.2) is 35.4 Å². The zero-order valence-corrected chi connectivity index (χ0v) is 15.5. The van der Waals surface area contributed by atoms with Crippen molar-refractivity contribution >= 4 is 23.1 Å². The monoisotopic (exact) mass is 361 g/mol. The fourth-order valence-corrected chi connectivity index (χ4v) is 4.16. The van der Waals surface area contributed by atoms with Gasteiger partial charge in [-0.2, -0.15) is 0 Å². The van der Waals surface area contributed by atoms with E-state index < -0.39 is 0 Å². The fourth-order valence-electron chi connectivity index (χ4n) is 4.16. The molecule has 6 nitrogen and oxygen atoms in total. The fraction of sp³-hybridized carbons (Fsp3) is 0.333. The molecule has 4 heterocycles. The number of aromatic nitrogens is 1. The highest BCUT2D eigenvalue weighted by atomic mass is 16.1. The van der Waals surface area contributed by atoms with Crippen molar-refractivity contribution in [1.82, 2.24) is 10.3 Å². The molecule has 0 aliphatic carbocycles. The SMILES string of the molecule is CC1C=CCC2CNC(=O)c3cc([nH]c32)-c2cccc3c2NC(=N1)C(C)N3. The van der Waals surface area contributed by atoms with Crippen molar-refractivity contribution in [2.75, 3.05) is 17.2 Å². The summed E-state index contributed by atoms with van der Waals surface area (Å²) in [6.45, 7) is 4.86. The van der Waals surface area contributed by atoms with Crippen molar-refractivity contribution in [3.63, 3.8) is 0 Å². The van der Waals surface area contributed by atoms with Crippen LogP contribution in [0.15, 0.2) is 41.4 Å². The molecule has 1 aromatic carbocycles. The molecule has 0 radical (unpaired) electrons. The Morgan fingerprint density at radius 2 is 2.07 bits per heavy atom. The third kappa shape index (κ3) is 2.63. The number of aromatic amines is 1. The second-order valence-electron chi connectivity index (χ2n) is 7.56. The van der Waals surface area contributed by atoms with Crippen molar-refractivity contribution in [2.45, 2.75) is 38.3 Å². The van der Waals surface area contributed by atoms with E-state index in [1.807, 2.05) is 12.1 Å². The molecule has 1 aromatic heterocycles. The van der Waals surface area contributed by atoms with Crippen LogP contribution in [0.4, 0.5) is 11.4 Å². The van der Waals surface area contributed by atoms with Crippen LogP contribution in [0, 0.1) is 0 Å². The van der Waals surface area contributed by atoms with E-state index in [4.69, 9.17) is 4.99 Å². The van der Waals surface area contributed by atoms with E-state index in [1.165, 1.54) is 0 Å². The summed E-state index contributed by atoms with van der Waals surface area (Å²) in [5.74, 6) is 1.18. The van der Waals surface area contributed by atoms with Gasteiger partial charge in [-0.25, -0.2) is 0 Å². The van der Waals surface area contributed by atoms with Gasteiger partial charge in [0, 0.05) is 29.4 Å². The van der Waals surface area contributed by atoms with Crippen molar-refractivity contribution < 1.29 is 4.79 Å². The molecule has 0 saturated heterocycles. The molecule has 4 N–H and O–H groups in total. The maximum atomic E-state index is 12.4. The summed E-state index contributed by atoms with van der Waals surface area (Å²) in [4.78, 5) is 20.8. The van der Waals surface area contributed by atoms with Gasteiger partial charge in [0.1, 0.15) is 5.84 Å². The van der Waals surface area contributed by atoms with Gasteiger partial charge < -0.3 is 20.9 Å². The lowest BCUT2D eigenvalue weighted by molar-refractivity contribution is 0.0940. The molecule has 0 saturated carbocycles. The predicted octanol–water partition coefficient (Wildman–Crippen LogP) is 3.48. The molecule has 138 valence electrons. The number of nitrogens with one attached hydrogen (secondary N) is 4. The van der Waals surface area contributed by atoms with Gasteiger partial charge in [-0.1, -0.05) is 24.3 Å². The largest absolute Gasteiger partial charge is 0.374 e.